The van der Waals surface area contributed by atoms with E-state index in [-0.39, 0.29) is 12.2 Å². The molecule has 4 aromatic rings. The molecular formula is C21H12ClFN4OS. The summed E-state index contributed by atoms with van der Waals surface area (Å²) in [7, 11) is 0. The average molecular weight is 423 g/mol. The van der Waals surface area contributed by atoms with E-state index in [1.807, 2.05) is 6.07 Å². The van der Waals surface area contributed by atoms with E-state index >= 15 is 0 Å². The highest BCUT2D eigenvalue weighted by molar-refractivity contribution is 7.99. The fourth-order valence-electron chi connectivity index (χ4n) is 2.54. The van der Waals surface area contributed by atoms with Gasteiger partial charge in [-0.3, -0.25) is 4.98 Å². The minimum Gasteiger partial charge on any atom is -0.429 e. The van der Waals surface area contributed by atoms with Crippen molar-refractivity contribution in [1.82, 2.24) is 15.0 Å². The molecule has 0 amide bonds. The summed E-state index contributed by atoms with van der Waals surface area (Å²) in [5.74, 6) is 0.0235. The van der Waals surface area contributed by atoms with Crippen LogP contribution < -0.4 is 0 Å². The van der Waals surface area contributed by atoms with E-state index in [1.54, 1.807) is 42.7 Å². The van der Waals surface area contributed by atoms with Gasteiger partial charge in [-0.05, 0) is 60.3 Å². The van der Waals surface area contributed by atoms with E-state index in [1.165, 1.54) is 23.9 Å². The molecule has 3 heterocycles. The third-order valence-electron chi connectivity index (χ3n) is 3.94. The smallest absolute Gasteiger partial charge is 0.228 e. The summed E-state index contributed by atoms with van der Waals surface area (Å²) in [4.78, 5) is 13.2. The number of aromatic nitrogens is 3. The zero-order valence-corrected chi connectivity index (χ0v) is 16.4. The Morgan fingerprint density at radius 2 is 1.79 bits per heavy atom. The molecule has 1 aromatic carbocycles. The Morgan fingerprint density at radius 3 is 2.45 bits per heavy atom. The van der Waals surface area contributed by atoms with Crippen LogP contribution >= 0.6 is 23.4 Å². The quantitative estimate of drug-likeness (QED) is 0.404. The van der Waals surface area contributed by atoms with Crippen molar-refractivity contribution in [3.05, 3.63) is 77.5 Å². The van der Waals surface area contributed by atoms with Crippen molar-refractivity contribution >= 4 is 23.4 Å². The van der Waals surface area contributed by atoms with Gasteiger partial charge in [0.25, 0.3) is 0 Å². The second kappa shape index (κ2) is 8.43. The molecule has 0 aliphatic rings. The van der Waals surface area contributed by atoms with E-state index < -0.39 is 0 Å². The van der Waals surface area contributed by atoms with Crippen LogP contribution in [0.3, 0.4) is 0 Å². The van der Waals surface area contributed by atoms with Crippen LogP contribution in [0.4, 0.5) is 4.39 Å². The lowest BCUT2D eigenvalue weighted by molar-refractivity contribution is 0.485. The molecule has 0 unspecified atom stereocenters. The first-order valence-electron chi connectivity index (χ1n) is 8.51. The lowest BCUT2D eigenvalue weighted by atomic mass is 10.2. The van der Waals surface area contributed by atoms with E-state index in [9.17, 15) is 4.39 Å². The first-order valence-corrected chi connectivity index (χ1v) is 9.70. The topological polar surface area (TPSA) is 75.6 Å². The Labute approximate surface area is 175 Å². The van der Waals surface area contributed by atoms with Gasteiger partial charge in [0, 0.05) is 23.5 Å². The van der Waals surface area contributed by atoms with Gasteiger partial charge in [-0.25, -0.2) is 14.4 Å². The number of oxazole rings is 1. The van der Waals surface area contributed by atoms with Crippen LogP contribution in [0.5, 0.6) is 0 Å². The maximum atomic E-state index is 13.3. The van der Waals surface area contributed by atoms with Crippen molar-refractivity contribution < 1.29 is 8.81 Å². The zero-order valence-electron chi connectivity index (χ0n) is 14.8. The lowest BCUT2D eigenvalue weighted by Gasteiger charge is -2.01. The van der Waals surface area contributed by atoms with Gasteiger partial charge in [0.2, 0.25) is 5.89 Å². The number of hydrogen-bond donors (Lipinski definition) is 0. The molecule has 0 bridgehead atoms. The highest BCUT2D eigenvalue weighted by Gasteiger charge is 2.19. The summed E-state index contributed by atoms with van der Waals surface area (Å²) in [5, 5.41) is 10.6. The number of benzene rings is 1. The van der Waals surface area contributed by atoms with Crippen molar-refractivity contribution in [3.63, 3.8) is 0 Å². The van der Waals surface area contributed by atoms with Crippen LogP contribution in [0, 0.1) is 17.1 Å². The zero-order chi connectivity index (χ0) is 20.2. The van der Waals surface area contributed by atoms with Crippen LogP contribution in [-0.2, 0) is 6.42 Å². The van der Waals surface area contributed by atoms with Crippen molar-refractivity contribution in [3.8, 4) is 28.8 Å². The molecule has 142 valence electrons. The number of halogens is 2. The maximum absolute atomic E-state index is 13.3. The summed E-state index contributed by atoms with van der Waals surface area (Å²) >= 11 is 7.21. The molecule has 0 saturated heterocycles. The fourth-order valence-corrected chi connectivity index (χ4v) is 3.47. The first kappa shape index (κ1) is 19.1. The third-order valence-corrected chi connectivity index (χ3v) is 5.08. The Bertz CT molecular complexity index is 1170. The minimum absolute atomic E-state index is 0.232. The van der Waals surface area contributed by atoms with Crippen molar-refractivity contribution in [2.75, 3.05) is 0 Å². The summed E-state index contributed by atoms with van der Waals surface area (Å²) in [6, 6.07) is 15.1. The molecule has 4 rings (SSSR count). The molecule has 0 spiro atoms. The van der Waals surface area contributed by atoms with Gasteiger partial charge in [0.1, 0.15) is 16.5 Å². The average Bonchev–Trinajstić information content (AvgIpc) is 3.15. The van der Waals surface area contributed by atoms with E-state index in [0.29, 0.717) is 38.0 Å². The van der Waals surface area contributed by atoms with Gasteiger partial charge in [-0.15, -0.1) is 0 Å². The van der Waals surface area contributed by atoms with Crippen LogP contribution in [0.25, 0.3) is 22.7 Å². The predicted molar refractivity (Wildman–Crippen MR) is 108 cm³/mol. The second-order valence-corrected chi connectivity index (χ2v) is 7.38. The Morgan fingerprint density at radius 1 is 1.00 bits per heavy atom. The Hall–Kier alpha value is -3.21. The molecule has 8 heteroatoms. The third kappa shape index (κ3) is 4.45. The Balaban J connectivity index is 1.75. The molecule has 0 saturated carbocycles. The summed E-state index contributed by atoms with van der Waals surface area (Å²) in [6.45, 7) is 0. The van der Waals surface area contributed by atoms with Gasteiger partial charge in [-0.1, -0.05) is 11.6 Å². The maximum Gasteiger partial charge on any atom is 0.228 e. The van der Waals surface area contributed by atoms with Gasteiger partial charge < -0.3 is 4.42 Å². The molecular weight excluding hydrogens is 411 g/mol. The fraction of sp³-hybridized carbons (Fsp3) is 0.0476. The largest absolute Gasteiger partial charge is 0.429 e. The number of nitrogens with zero attached hydrogens (tertiary/aromatic N) is 4. The molecule has 0 N–H and O–H groups in total. The van der Waals surface area contributed by atoms with Crippen LogP contribution in [0.2, 0.25) is 5.02 Å². The van der Waals surface area contributed by atoms with Gasteiger partial charge in [0.15, 0.2) is 5.09 Å². The SMILES string of the molecule is N#CCc1ccc(-c2nc(-c3ccc(F)cc3)oc2Sc2ccc(Cl)cn2)cn1. The molecule has 0 radical (unpaired) electrons. The van der Waals surface area contributed by atoms with Crippen molar-refractivity contribution in [2.24, 2.45) is 0 Å². The number of pyridine rings is 2. The molecule has 0 aliphatic heterocycles. The summed E-state index contributed by atoms with van der Waals surface area (Å²) < 4.78 is 19.3. The predicted octanol–water partition coefficient (Wildman–Crippen LogP) is 5.81. The van der Waals surface area contributed by atoms with Crippen LogP contribution in [0.15, 0.2) is 75.5 Å². The Kier molecular flexibility index (Phi) is 5.56. The minimum atomic E-state index is -0.335. The lowest BCUT2D eigenvalue weighted by Crippen LogP contribution is -1.89. The summed E-state index contributed by atoms with van der Waals surface area (Å²) in [5.41, 5.74) is 2.65. The molecule has 29 heavy (non-hydrogen) atoms. The molecule has 0 atom stereocenters. The first-order chi connectivity index (χ1) is 14.1. The molecule has 3 aromatic heterocycles. The van der Waals surface area contributed by atoms with Gasteiger partial charge >= 0.3 is 0 Å². The van der Waals surface area contributed by atoms with E-state index in [2.05, 4.69) is 21.0 Å². The monoisotopic (exact) mass is 422 g/mol. The molecule has 0 aliphatic carbocycles. The van der Waals surface area contributed by atoms with Crippen LogP contribution in [-0.4, -0.2) is 15.0 Å². The highest BCUT2D eigenvalue weighted by atomic mass is 35.5. The second-order valence-electron chi connectivity index (χ2n) is 5.95. The van der Waals surface area contributed by atoms with E-state index in [0.717, 1.165) is 5.56 Å². The molecule has 5 nitrogen and oxygen atoms in total. The number of nitriles is 1. The standard InChI is InChI=1S/C21H12ClFN4OS/c22-15-4-8-18(26-12-15)29-21-19(14-3-7-17(9-10-24)25-11-14)27-20(28-21)13-1-5-16(23)6-2-13/h1-8,11-12H,9H2. The normalized spacial score (nSPS) is 10.7. The summed E-state index contributed by atoms with van der Waals surface area (Å²) in [6.07, 6.45) is 3.44. The van der Waals surface area contributed by atoms with Crippen molar-refractivity contribution in [2.45, 2.75) is 16.5 Å². The van der Waals surface area contributed by atoms with Gasteiger partial charge in [0.05, 0.1) is 23.2 Å². The molecule has 0 fully saturated rings. The highest BCUT2D eigenvalue weighted by Crippen LogP contribution is 2.38. The van der Waals surface area contributed by atoms with E-state index in [4.69, 9.17) is 21.3 Å². The van der Waals surface area contributed by atoms with Crippen molar-refractivity contribution in [1.29, 1.82) is 5.26 Å². The van der Waals surface area contributed by atoms with Gasteiger partial charge in [-0.2, -0.15) is 5.26 Å². The number of hydrogen-bond acceptors (Lipinski definition) is 6. The number of rotatable bonds is 5. The van der Waals surface area contributed by atoms with Crippen LogP contribution in [0.1, 0.15) is 5.69 Å².